The summed E-state index contributed by atoms with van der Waals surface area (Å²) in [6.45, 7) is 13.2. The van der Waals surface area contributed by atoms with Gasteiger partial charge in [0, 0.05) is 28.9 Å². The summed E-state index contributed by atoms with van der Waals surface area (Å²) in [5.74, 6) is 0. The highest BCUT2D eigenvalue weighted by molar-refractivity contribution is 7.89. The molecule has 114 valence electrons. The highest BCUT2D eigenvalue weighted by Crippen LogP contribution is 2.29. The first-order chi connectivity index (χ1) is 9.34. The van der Waals surface area contributed by atoms with Gasteiger partial charge in [-0.25, -0.2) is 8.42 Å². The molecule has 0 aromatic carbocycles. The lowest BCUT2D eigenvalue weighted by Gasteiger charge is -2.24. The van der Waals surface area contributed by atoms with E-state index in [1.54, 1.807) is 12.1 Å². The van der Waals surface area contributed by atoms with Crippen LogP contribution in [-0.2, 0) is 16.6 Å². The van der Waals surface area contributed by atoms with Crippen molar-refractivity contribution in [2.75, 3.05) is 13.1 Å². The summed E-state index contributed by atoms with van der Waals surface area (Å²) >= 11 is 1.53. The number of thiophene rings is 1. The molecule has 0 spiro atoms. The zero-order valence-electron chi connectivity index (χ0n) is 12.6. The van der Waals surface area contributed by atoms with Gasteiger partial charge in [0.25, 0.3) is 0 Å². The number of nitrogens with one attached hydrogen (secondary N) is 1. The lowest BCUT2D eigenvalue weighted by Crippen LogP contribution is -2.37. The summed E-state index contributed by atoms with van der Waals surface area (Å²) in [6.07, 6.45) is 1.62. The van der Waals surface area contributed by atoms with Crippen molar-refractivity contribution >= 4 is 21.4 Å². The Morgan fingerprint density at radius 1 is 1.50 bits per heavy atom. The van der Waals surface area contributed by atoms with Crippen LogP contribution in [0.3, 0.4) is 0 Å². The normalized spacial score (nSPS) is 12.3. The number of rotatable bonds is 8. The average molecular weight is 316 g/mol. The van der Waals surface area contributed by atoms with Crippen molar-refractivity contribution in [3.8, 4) is 0 Å². The van der Waals surface area contributed by atoms with Crippen LogP contribution in [0.4, 0.5) is 0 Å². The molecule has 0 radical (unpaired) electrons. The first-order valence-corrected chi connectivity index (χ1v) is 9.03. The summed E-state index contributed by atoms with van der Waals surface area (Å²) in [4.78, 5) is 2.31. The molecule has 4 nitrogen and oxygen atoms in total. The van der Waals surface area contributed by atoms with Gasteiger partial charge >= 0.3 is 0 Å². The van der Waals surface area contributed by atoms with E-state index in [1.165, 1.54) is 15.6 Å². The molecule has 0 aliphatic carbocycles. The molecule has 6 heteroatoms. The Morgan fingerprint density at radius 3 is 2.65 bits per heavy atom. The summed E-state index contributed by atoms with van der Waals surface area (Å²) < 4.78 is 27.0. The van der Waals surface area contributed by atoms with Gasteiger partial charge in [0.1, 0.15) is 0 Å². The largest absolute Gasteiger partial charge is 0.312 e. The lowest BCUT2D eigenvalue weighted by atomic mass is 10.4. The van der Waals surface area contributed by atoms with E-state index in [-0.39, 0.29) is 6.04 Å². The Morgan fingerprint density at radius 2 is 2.15 bits per heavy atom. The lowest BCUT2D eigenvalue weighted by molar-refractivity contribution is 0.383. The molecule has 0 unspecified atom stereocenters. The molecule has 0 aliphatic heterocycles. The van der Waals surface area contributed by atoms with Gasteiger partial charge in [-0.1, -0.05) is 13.0 Å². The van der Waals surface area contributed by atoms with Crippen LogP contribution in [0.5, 0.6) is 0 Å². The van der Waals surface area contributed by atoms with Gasteiger partial charge in [-0.15, -0.1) is 17.9 Å². The highest BCUT2D eigenvalue weighted by atomic mass is 32.2. The zero-order chi connectivity index (χ0) is 15.3. The quantitative estimate of drug-likeness (QED) is 0.750. The van der Waals surface area contributed by atoms with Crippen LogP contribution in [0.25, 0.3) is 0 Å². The van der Waals surface area contributed by atoms with Gasteiger partial charge in [0.05, 0.1) is 4.90 Å². The van der Waals surface area contributed by atoms with Crippen LogP contribution in [0.1, 0.15) is 30.5 Å². The average Bonchev–Trinajstić information content (AvgIpc) is 2.74. The molecule has 1 N–H and O–H groups in total. The van der Waals surface area contributed by atoms with Crippen molar-refractivity contribution in [3.05, 3.63) is 28.5 Å². The number of hydrogen-bond donors (Lipinski definition) is 1. The van der Waals surface area contributed by atoms with Crippen molar-refractivity contribution in [2.45, 2.75) is 45.2 Å². The number of sulfonamides is 1. The summed E-state index contributed by atoms with van der Waals surface area (Å²) in [6, 6.07) is 1.70. The van der Waals surface area contributed by atoms with Gasteiger partial charge in [0.2, 0.25) is 10.0 Å². The third-order valence-corrected chi connectivity index (χ3v) is 6.29. The van der Waals surface area contributed by atoms with Gasteiger partial charge in [-0.3, -0.25) is 0 Å². The first-order valence-electron chi connectivity index (χ1n) is 6.77. The maximum Gasteiger partial charge on any atom is 0.244 e. The van der Waals surface area contributed by atoms with Crippen molar-refractivity contribution in [1.29, 1.82) is 0 Å². The van der Waals surface area contributed by atoms with Crippen LogP contribution in [0.15, 0.2) is 23.6 Å². The van der Waals surface area contributed by atoms with E-state index >= 15 is 0 Å². The molecule has 0 saturated heterocycles. The van der Waals surface area contributed by atoms with Crippen molar-refractivity contribution in [2.24, 2.45) is 0 Å². The molecule has 0 bridgehead atoms. The smallest absolute Gasteiger partial charge is 0.244 e. The van der Waals surface area contributed by atoms with E-state index in [0.29, 0.717) is 18.0 Å². The second-order valence-electron chi connectivity index (χ2n) is 4.87. The van der Waals surface area contributed by atoms with Crippen molar-refractivity contribution in [3.63, 3.8) is 0 Å². The van der Waals surface area contributed by atoms with Gasteiger partial charge in [-0.05, 0) is 33.4 Å². The monoisotopic (exact) mass is 316 g/mol. The minimum atomic E-state index is -3.45. The van der Waals surface area contributed by atoms with E-state index in [1.807, 2.05) is 27.7 Å². The van der Waals surface area contributed by atoms with Crippen molar-refractivity contribution in [1.82, 2.24) is 9.62 Å². The molecule has 0 saturated carbocycles. The van der Waals surface area contributed by atoms with Crippen LogP contribution in [-0.4, -0.2) is 31.9 Å². The van der Waals surface area contributed by atoms with Crippen LogP contribution in [0.2, 0.25) is 0 Å². The fourth-order valence-electron chi connectivity index (χ4n) is 1.96. The minimum Gasteiger partial charge on any atom is -0.312 e. The van der Waals surface area contributed by atoms with E-state index in [0.717, 1.165) is 16.3 Å². The molecule has 1 aromatic rings. The standard InChI is InChI=1S/C14H24N2O2S2/c1-6-8-16(11(3)4)20(17,18)14-9-13(10-15-7-2)19-12(14)5/h6,9,11,15H,1,7-8,10H2,2-5H3. The second kappa shape index (κ2) is 7.36. The SMILES string of the molecule is C=CCN(C(C)C)S(=O)(=O)c1cc(CNCC)sc1C. The Balaban J connectivity index is 3.13. The van der Waals surface area contributed by atoms with E-state index < -0.39 is 10.0 Å². The topological polar surface area (TPSA) is 49.4 Å². The van der Waals surface area contributed by atoms with Crippen LogP contribution >= 0.6 is 11.3 Å². The fraction of sp³-hybridized carbons (Fsp3) is 0.571. The fourth-order valence-corrected chi connectivity index (χ4v) is 5.14. The third kappa shape index (κ3) is 3.91. The predicted molar refractivity (Wildman–Crippen MR) is 85.7 cm³/mol. The summed E-state index contributed by atoms with van der Waals surface area (Å²) in [5.41, 5.74) is 0. The van der Waals surface area contributed by atoms with Crippen molar-refractivity contribution < 1.29 is 8.42 Å². The Kier molecular flexibility index (Phi) is 6.39. The Hall–Kier alpha value is -0.690. The van der Waals surface area contributed by atoms with E-state index in [4.69, 9.17) is 0 Å². The highest BCUT2D eigenvalue weighted by Gasteiger charge is 2.28. The van der Waals surface area contributed by atoms with Gasteiger partial charge in [0.15, 0.2) is 0 Å². The second-order valence-corrected chi connectivity index (χ2v) is 8.07. The molecule has 0 amide bonds. The Bertz CT molecular complexity index is 548. The minimum absolute atomic E-state index is 0.0884. The maximum atomic E-state index is 12.7. The first kappa shape index (κ1) is 17.4. The van der Waals surface area contributed by atoms with Gasteiger partial charge < -0.3 is 5.32 Å². The predicted octanol–water partition coefficient (Wildman–Crippen LogP) is 2.75. The molecule has 0 fully saturated rings. The van der Waals surface area contributed by atoms with Crippen LogP contribution < -0.4 is 5.32 Å². The maximum absolute atomic E-state index is 12.7. The molecule has 20 heavy (non-hydrogen) atoms. The Labute approximate surface area is 126 Å². The number of aryl methyl sites for hydroxylation is 1. The zero-order valence-corrected chi connectivity index (χ0v) is 14.3. The summed E-state index contributed by atoms with van der Waals surface area (Å²) in [7, 11) is -3.45. The summed E-state index contributed by atoms with van der Waals surface area (Å²) in [5, 5.41) is 3.22. The number of hydrogen-bond acceptors (Lipinski definition) is 4. The molecular formula is C14H24N2O2S2. The number of nitrogens with zero attached hydrogens (tertiary/aromatic N) is 1. The molecule has 0 aliphatic rings. The molecule has 1 heterocycles. The molecular weight excluding hydrogens is 292 g/mol. The molecule has 0 atom stereocenters. The molecule has 1 rings (SSSR count). The van der Waals surface area contributed by atoms with Gasteiger partial charge in [-0.2, -0.15) is 4.31 Å². The van der Waals surface area contributed by atoms with E-state index in [9.17, 15) is 8.42 Å². The molecule has 1 aromatic heterocycles. The van der Waals surface area contributed by atoms with E-state index in [2.05, 4.69) is 11.9 Å². The van der Waals surface area contributed by atoms with Crippen LogP contribution in [0, 0.1) is 6.92 Å². The third-order valence-electron chi connectivity index (χ3n) is 2.94.